The van der Waals surface area contributed by atoms with Gasteiger partial charge in [0.1, 0.15) is 6.04 Å². The second-order valence-electron chi connectivity index (χ2n) is 5.69. The van der Waals surface area contributed by atoms with E-state index in [-0.39, 0.29) is 24.8 Å². The number of nitrogens with zero attached hydrogens (tertiary/aromatic N) is 1. The molecule has 2 unspecified atom stereocenters. The first kappa shape index (κ1) is 14.3. The molecule has 2 rings (SSSR count). The third-order valence-corrected chi connectivity index (χ3v) is 4.38. The Morgan fingerprint density at radius 2 is 1.84 bits per heavy atom. The fourth-order valence-electron chi connectivity index (χ4n) is 3.17. The van der Waals surface area contributed by atoms with Gasteiger partial charge in [0.2, 0.25) is 5.91 Å². The van der Waals surface area contributed by atoms with E-state index in [1.807, 2.05) is 0 Å². The second kappa shape index (κ2) is 5.88. The number of carboxylic acids is 1. The van der Waals surface area contributed by atoms with Crippen LogP contribution in [0.25, 0.3) is 0 Å². The molecule has 1 heterocycles. The number of aliphatic carboxylic acids is 1. The molecule has 1 amide bonds. The van der Waals surface area contributed by atoms with Gasteiger partial charge in [0, 0.05) is 18.9 Å². The van der Waals surface area contributed by atoms with Crippen molar-refractivity contribution in [3.8, 4) is 0 Å². The molecule has 0 bridgehead atoms. The summed E-state index contributed by atoms with van der Waals surface area (Å²) in [5.41, 5.74) is 5.62. The number of rotatable bonds is 3. The fourth-order valence-corrected chi connectivity index (χ4v) is 3.17. The first-order valence-corrected chi connectivity index (χ1v) is 6.94. The van der Waals surface area contributed by atoms with Crippen LogP contribution in [0.1, 0.15) is 32.1 Å². The van der Waals surface area contributed by atoms with Crippen molar-refractivity contribution in [3.05, 3.63) is 0 Å². The standard InChI is InChI=1S/C13H22N2O4/c14-6-8-1-3-9(4-2-8)12(17)15-7-10(16)5-11(15)13(18)19/h8-11,16H,1-7,14H2,(H,18,19). The monoisotopic (exact) mass is 270 g/mol. The fraction of sp³-hybridized carbons (Fsp3) is 0.846. The Kier molecular flexibility index (Phi) is 4.42. The van der Waals surface area contributed by atoms with Gasteiger partial charge in [-0.1, -0.05) is 0 Å². The van der Waals surface area contributed by atoms with E-state index in [0.717, 1.165) is 25.7 Å². The molecule has 108 valence electrons. The molecule has 0 aromatic carbocycles. The summed E-state index contributed by atoms with van der Waals surface area (Å²) in [5, 5.41) is 18.7. The van der Waals surface area contributed by atoms with Gasteiger partial charge >= 0.3 is 5.97 Å². The minimum Gasteiger partial charge on any atom is -0.480 e. The molecule has 1 aliphatic heterocycles. The number of hydrogen-bond acceptors (Lipinski definition) is 4. The molecule has 1 aliphatic carbocycles. The predicted molar refractivity (Wildman–Crippen MR) is 68.3 cm³/mol. The van der Waals surface area contributed by atoms with Crippen molar-refractivity contribution in [1.82, 2.24) is 4.90 Å². The summed E-state index contributed by atoms with van der Waals surface area (Å²) in [6, 6.07) is -0.866. The first-order chi connectivity index (χ1) is 9.02. The number of aliphatic hydroxyl groups is 1. The molecule has 1 saturated carbocycles. The molecule has 19 heavy (non-hydrogen) atoms. The van der Waals surface area contributed by atoms with Crippen LogP contribution in [-0.2, 0) is 9.59 Å². The van der Waals surface area contributed by atoms with E-state index in [1.54, 1.807) is 0 Å². The highest BCUT2D eigenvalue weighted by molar-refractivity contribution is 5.85. The van der Waals surface area contributed by atoms with Crippen LogP contribution in [0.4, 0.5) is 0 Å². The van der Waals surface area contributed by atoms with Crippen molar-refractivity contribution in [2.45, 2.75) is 44.2 Å². The molecule has 0 aromatic heterocycles. The summed E-state index contributed by atoms with van der Waals surface area (Å²) >= 11 is 0. The maximum Gasteiger partial charge on any atom is 0.326 e. The van der Waals surface area contributed by atoms with Gasteiger partial charge in [-0.2, -0.15) is 0 Å². The van der Waals surface area contributed by atoms with Crippen molar-refractivity contribution in [2.75, 3.05) is 13.1 Å². The van der Waals surface area contributed by atoms with E-state index in [1.165, 1.54) is 4.90 Å². The smallest absolute Gasteiger partial charge is 0.326 e. The van der Waals surface area contributed by atoms with Crippen LogP contribution in [0.2, 0.25) is 0 Å². The zero-order chi connectivity index (χ0) is 14.0. The Morgan fingerprint density at radius 1 is 1.21 bits per heavy atom. The highest BCUT2D eigenvalue weighted by Crippen LogP contribution is 2.31. The summed E-state index contributed by atoms with van der Waals surface area (Å²) in [4.78, 5) is 24.8. The van der Waals surface area contributed by atoms with Gasteiger partial charge in [0.15, 0.2) is 0 Å². The zero-order valence-corrected chi connectivity index (χ0v) is 11.0. The number of carboxylic acid groups (broad SMARTS) is 1. The molecule has 6 nitrogen and oxygen atoms in total. The molecule has 1 saturated heterocycles. The lowest BCUT2D eigenvalue weighted by molar-refractivity contribution is -0.150. The Hall–Kier alpha value is -1.14. The largest absolute Gasteiger partial charge is 0.480 e. The lowest BCUT2D eigenvalue weighted by Gasteiger charge is -2.31. The Bertz CT molecular complexity index is 353. The zero-order valence-electron chi connectivity index (χ0n) is 11.0. The van der Waals surface area contributed by atoms with Gasteiger partial charge < -0.3 is 20.8 Å². The summed E-state index contributed by atoms with van der Waals surface area (Å²) in [7, 11) is 0. The van der Waals surface area contributed by atoms with Crippen molar-refractivity contribution >= 4 is 11.9 Å². The normalized spacial score (nSPS) is 35.4. The molecule has 0 spiro atoms. The Balaban J connectivity index is 1.97. The SMILES string of the molecule is NCC1CCC(C(=O)N2CC(O)CC2C(=O)O)CC1. The lowest BCUT2D eigenvalue weighted by Crippen LogP contribution is -2.44. The maximum atomic E-state index is 12.4. The molecule has 6 heteroatoms. The van der Waals surface area contributed by atoms with E-state index < -0.39 is 18.1 Å². The number of likely N-dealkylation sites (tertiary alicyclic amines) is 1. The van der Waals surface area contributed by atoms with E-state index >= 15 is 0 Å². The molecule has 2 atom stereocenters. The van der Waals surface area contributed by atoms with Crippen LogP contribution in [0, 0.1) is 11.8 Å². The first-order valence-electron chi connectivity index (χ1n) is 6.94. The molecule has 0 radical (unpaired) electrons. The predicted octanol–water partition coefficient (Wildman–Crippen LogP) is -0.202. The van der Waals surface area contributed by atoms with E-state index in [0.29, 0.717) is 12.5 Å². The van der Waals surface area contributed by atoms with Gasteiger partial charge in [-0.25, -0.2) is 4.79 Å². The summed E-state index contributed by atoms with van der Waals surface area (Å²) in [6.07, 6.45) is 2.84. The average Bonchev–Trinajstić information content (AvgIpc) is 2.80. The van der Waals surface area contributed by atoms with Crippen molar-refractivity contribution in [2.24, 2.45) is 17.6 Å². The minimum absolute atomic E-state index is 0.102. The van der Waals surface area contributed by atoms with Gasteiger partial charge in [-0.3, -0.25) is 4.79 Å². The van der Waals surface area contributed by atoms with Gasteiger partial charge in [0.05, 0.1) is 6.10 Å². The highest BCUT2D eigenvalue weighted by Gasteiger charge is 2.41. The lowest BCUT2D eigenvalue weighted by atomic mass is 9.81. The summed E-state index contributed by atoms with van der Waals surface area (Å²) in [6.45, 7) is 0.799. The van der Waals surface area contributed by atoms with Gasteiger partial charge in [0.25, 0.3) is 0 Å². The third kappa shape index (κ3) is 3.06. The van der Waals surface area contributed by atoms with E-state index in [2.05, 4.69) is 0 Å². The Morgan fingerprint density at radius 3 is 2.37 bits per heavy atom. The number of nitrogens with two attached hydrogens (primary N) is 1. The minimum atomic E-state index is -1.03. The molecule has 2 aliphatic rings. The number of carbonyl (C=O) groups excluding carboxylic acids is 1. The van der Waals surface area contributed by atoms with Crippen molar-refractivity contribution in [1.29, 1.82) is 0 Å². The van der Waals surface area contributed by atoms with Gasteiger partial charge in [-0.05, 0) is 38.1 Å². The van der Waals surface area contributed by atoms with E-state index in [4.69, 9.17) is 10.8 Å². The van der Waals surface area contributed by atoms with Gasteiger partial charge in [-0.15, -0.1) is 0 Å². The van der Waals surface area contributed by atoms with Crippen LogP contribution < -0.4 is 5.73 Å². The van der Waals surface area contributed by atoms with Crippen LogP contribution in [0.5, 0.6) is 0 Å². The average molecular weight is 270 g/mol. The molecule has 0 aromatic rings. The summed E-state index contributed by atoms with van der Waals surface area (Å²) in [5.74, 6) is -0.751. The Labute approximate surface area is 112 Å². The van der Waals surface area contributed by atoms with Crippen LogP contribution in [0.15, 0.2) is 0 Å². The van der Waals surface area contributed by atoms with Crippen LogP contribution in [0.3, 0.4) is 0 Å². The number of amides is 1. The number of hydrogen-bond donors (Lipinski definition) is 3. The second-order valence-corrected chi connectivity index (χ2v) is 5.69. The summed E-state index contributed by atoms with van der Waals surface area (Å²) < 4.78 is 0. The quantitative estimate of drug-likeness (QED) is 0.658. The van der Waals surface area contributed by atoms with E-state index in [9.17, 15) is 14.7 Å². The third-order valence-electron chi connectivity index (χ3n) is 4.38. The highest BCUT2D eigenvalue weighted by atomic mass is 16.4. The molecular weight excluding hydrogens is 248 g/mol. The van der Waals surface area contributed by atoms with Crippen LogP contribution >= 0.6 is 0 Å². The molecular formula is C13H22N2O4. The van der Waals surface area contributed by atoms with Crippen LogP contribution in [-0.4, -0.2) is 52.2 Å². The topological polar surface area (TPSA) is 104 Å². The maximum absolute atomic E-state index is 12.4. The molecule has 2 fully saturated rings. The number of β-amino-alcohol motifs (C(OH)–C–C–N with tert-alkyl or cyclic N) is 1. The number of aliphatic hydroxyl groups excluding tert-OH is 1. The van der Waals surface area contributed by atoms with Crippen molar-refractivity contribution < 1.29 is 19.8 Å². The number of carbonyl (C=O) groups is 2. The molecule has 4 N–H and O–H groups in total. The van der Waals surface area contributed by atoms with Crippen molar-refractivity contribution in [3.63, 3.8) is 0 Å².